The average Bonchev–Trinajstić information content (AvgIpc) is 2.94. The van der Waals surface area contributed by atoms with Gasteiger partial charge in [0.2, 0.25) is 0 Å². The molecule has 5 nitrogen and oxygen atoms in total. The van der Waals surface area contributed by atoms with Crippen molar-refractivity contribution in [3.63, 3.8) is 0 Å². The largest absolute Gasteiger partial charge is 0.379 e. The number of ether oxygens (including phenoxy) is 2. The summed E-state index contributed by atoms with van der Waals surface area (Å²) < 4.78 is 10.8. The molecule has 1 aromatic carbocycles. The van der Waals surface area contributed by atoms with Crippen molar-refractivity contribution in [2.24, 2.45) is 0 Å². The Morgan fingerprint density at radius 2 is 2.27 bits per heavy atom. The van der Waals surface area contributed by atoms with Gasteiger partial charge < -0.3 is 19.8 Å². The van der Waals surface area contributed by atoms with Crippen LogP contribution in [0.3, 0.4) is 0 Å². The van der Waals surface area contributed by atoms with Gasteiger partial charge in [-0.05, 0) is 24.5 Å². The van der Waals surface area contributed by atoms with Crippen molar-refractivity contribution in [3.05, 3.63) is 35.5 Å². The van der Waals surface area contributed by atoms with E-state index in [9.17, 15) is 4.79 Å². The molecule has 2 aromatic rings. The molecule has 0 saturated carbocycles. The van der Waals surface area contributed by atoms with Crippen molar-refractivity contribution in [2.45, 2.75) is 31.9 Å². The molecular formula is C17H22N2O3. The zero-order valence-electron chi connectivity index (χ0n) is 13.0. The van der Waals surface area contributed by atoms with Gasteiger partial charge in [-0.15, -0.1) is 0 Å². The smallest absolute Gasteiger partial charge is 0.268 e. The molecule has 0 unspecified atom stereocenters. The van der Waals surface area contributed by atoms with E-state index in [-0.39, 0.29) is 18.1 Å². The maximum atomic E-state index is 12.7. The highest BCUT2D eigenvalue weighted by Crippen LogP contribution is 2.23. The second kappa shape index (κ2) is 6.50. The first-order valence-electron chi connectivity index (χ1n) is 7.75. The van der Waals surface area contributed by atoms with E-state index in [4.69, 9.17) is 9.47 Å². The molecule has 1 aliphatic rings. The van der Waals surface area contributed by atoms with Crippen molar-refractivity contribution >= 4 is 16.8 Å². The first-order chi connectivity index (χ1) is 10.7. The topological polar surface area (TPSA) is 63.4 Å². The normalized spacial score (nSPS) is 21.9. The van der Waals surface area contributed by atoms with Crippen LogP contribution in [0.4, 0.5) is 0 Å². The Hall–Kier alpha value is -1.85. The summed E-state index contributed by atoms with van der Waals surface area (Å²) in [5.41, 5.74) is 2.72. The number of benzene rings is 1. The van der Waals surface area contributed by atoms with Crippen LogP contribution >= 0.6 is 0 Å². The highest BCUT2D eigenvalue weighted by Gasteiger charge is 2.28. The minimum absolute atomic E-state index is 0.0117. The van der Waals surface area contributed by atoms with Gasteiger partial charge in [-0.25, -0.2) is 0 Å². The first kappa shape index (κ1) is 15.1. The first-order valence-corrected chi connectivity index (χ1v) is 7.75. The summed E-state index contributed by atoms with van der Waals surface area (Å²) in [4.78, 5) is 15.9. The van der Waals surface area contributed by atoms with Crippen LogP contribution in [0.25, 0.3) is 10.9 Å². The Kier molecular flexibility index (Phi) is 4.45. The number of H-pyrrole nitrogens is 1. The summed E-state index contributed by atoms with van der Waals surface area (Å²) in [6.45, 7) is 3.24. The summed E-state index contributed by atoms with van der Waals surface area (Å²) in [5, 5.41) is 4.21. The lowest BCUT2D eigenvalue weighted by Gasteiger charge is -2.30. The summed E-state index contributed by atoms with van der Waals surface area (Å²) in [5.74, 6) is -0.0676. The number of amides is 1. The number of aryl methyl sites for hydroxylation is 1. The van der Waals surface area contributed by atoms with Gasteiger partial charge in [0.05, 0.1) is 12.6 Å². The number of carbonyl (C=O) groups excluding carboxylic acids is 1. The molecule has 2 heterocycles. The van der Waals surface area contributed by atoms with Crippen molar-refractivity contribution < 1.29 is 14.3 Å². The third kappa shape index (κ3) is 2.74. The Morgan fingerprint density at radius 1 is 1.45 bits per heavy atom. The minimum Gasteiger partial charge on any atom is -0.379 e. The maximum Gasteiger partial charge on any atom is 0.268 e. The molecule has 2 atom stereocenters. The van der Waals surface area contributed by atoms with E-state index < -0.39 is 0 Å². The number of carbonyl (C=O) groups is 1. The molecule has 5 heteroatoms. The lowest BCUT2D eigenvalue weighted by Crippen LogP contribution is -2.49. The standard InChI is InChI=1S/C17H22N2O3/c1-3-11-12-6-4-5-7-13(12)18-16(11)17(20)19-14-8-9-22-10-15(14)21-2/h4-7,14-15,18H,3,8-10H2,1-2H3,(H,19,20)/t14-,15-/m1/s1. The lowest BCUT2D eigenvalue weighted by atomic mass is 10.0. The molecule has 3 rings (SSSR count). The summed E-state index contributed by atoms with van der Waals surface area (Å²) >= 11 is 0. The number of nitrogens with one attached hydrogen (secondary N) is 2. The van der Waals surface area contributed by atoms with Gasteiger partial charge in [0.25, 0.3) is 5.91 Å². The van der Waals surface area contributed by atoms with E-state index >= 15 is 0 Å². The number of aromatic nitrogens is 1. The highest BCUT2D eigenvalue weighted by atomic mass is 16.5. The molecule has 0 radical (unpaired) electrons. The van der Waals surface area contributed by atoms with Crippen LogP contribution in [0.1, 0.15) is 29.4 Å². The molecule has 0 bridgehead atoms. The third-order valence-corrected chi connectivity index (χ3v) is 4.32. The average molecular weight is 302 g/mol. The van der Waals surface area contributed by atoms with Crippen LogP contribution in [-0.4, -0.2) is 43.4 Å². The fourth-order valence-electron chi connectivity index (χ4n) is 3.11. The molecule has 22 heavy (non-hydrogen) atoms. The Morgan fingerprint density at radius 3 is 3.05 bits per heavy atom. The molecule has 2 N–H and O–H groups in total. The molecule has 1 saturated heterocycles. The van der Waals surface area contributed by atoms with Crippen LogP contribution in [0.2, 0.25) is 0 Å². The van der Waals surface area contributed by atoms with Crippen molar-refractivity contribution in [1.29, 1.82) is 0 Å². The van der Waals surface area contributed by atoms with E-state index in [0.29, 0.717) is 18.9 Å². The highest BCUT2D eigenvalue weighted by molar-refractivity contribution is 6.01. The number of rotatable bonds is 4. The fraction of sp³-hybridized carbons (Fsp3) is 0.471. The molecule has 1 aromatic heterocycles. The third-order valence-electron chi connectivity index (χ3n) is 4.32. The summed E-state index contributed by atoms with van der Waals surface area (Å²) in [6.07, 6.45) is 1.49. The predicted octanol–water partition coefficient (Wildman–Crippen LogP) is 2.26. The van der Waals surface area contributed by atoms with Crippen molar-refractivity contribution in [2.75, 3.05) is 20.3 Å². The molecule has 0 spiro atoms. The van der Waals surface area contributed by atoms with Crippen molar-refractivity contribution in [1.82, 2.24) is 10.3 Å². The number of hydrogen-bond acceptors (Lipinski definition) is 3. The van der Waals surface area contributed by atoms with Gasteiger partial charge >= 0.3 is 0 Å². The van der Waals surface area contributed by atoms with E-state index in [2.05, 4.69) is 17.2 Å². The monoisotopic (exact) mass is 302 g/mol. The van der Waals surface area contributed by atoms with Gasteiger partial charge in [-0.1, -0.05) is 25.1 Å². The summed E-state index contributed by atoms with van der Waals surface area (Å²) in [6, 6.07) is 8.00. The Bertz CT molecular complexity index is 665. The van der Waals surface area contributed by atoms with E-state index in [1.54, 1.807) is 7.11 Å². The zero-order valence-corrected chi connectivity index (χ0v) is 13.0. The lowest BCUT2D eigenvalue weighted by molar-refractivity contribution is -0.0479. The van der Waals surface area contributed by atoms with Crippen LogP contribution in [0.15, 0.2) is 24.3 Å². The van der Waals surface area contributed by atoms with Gasteiger partial charge in [0, 0.05) is 24.6 Å². The number of hydrogen-bond donors (Lipinski definition) is 2. The SMILES string of the molecule is CCc1c(C(=O)N[C@@H]2CCOC[C@H]2OC)[nH]c2ccccc12. The Balaban J connectivity index is 1.85. The van der Waals surface area contributed by atoms with E-state index in [1.165, 1.54) is 0 Å². The van der Waals surface area contributed by atoms with E-state index in [1.807, 2.05) is 24.3 Å². The molecule has 1 fully saturated rings. The summed E-state index contributed by atoms with van der Waals surface area (Å²) in [7, 11) is 1.65. The second-order valence-corrected chi connectivity index (χ2v) is 5.60. The van der Waals surface area contributed by atoms with Gasteiger partial charge in [-0.2, -0.15) is 0 Å². The van der Waals surface area contributed by atoms with E-state index in [0.717, 1.165) is 29.3 Å². The fourth-order valence-corrected chi connectivity index (χ4v) is 3.11. The molecule has 1 amide bonds. The molecule has 1 aliphatic heterocycles. The number of aromatic amines is 1. The van der Waals surface area contributed by atoms with Crippen LogP contribution < -0.4 is 5.32 Å². The van der Waals surface area contributed by atoms with Gasteiger partial charge in [-0.3, -0.25) is 4.79 Å². The molecular weight excluding hydrogens is 280 g/mol. The maximum absolute atomic E-state index is 12.7. The predicted molar refractivity (Wildman–Crippen MR) is 85.2 cm³/mol. The number of fused-ring (bicyclic) bond motifs is 1. The van der Waals surface area contributed by atoms with Crippen LogP contribution in [0.5, 0.6) is 0 Å². The molecule has 0 aliphatic carbocycles. The second-order valence-electron chi connectivity index (χ2n) is 5.60. The van der Waals surface area contributed by atoms with Crippen LogP contribution in [0, 0.1) is 0 Å². The number of methoxy groups -OCH3 is 1. The van der Waals surface area contributed by atoms with Gasteiger partial charge in [0.15, 0.2) is 0 Å². The van der Waals surface area contributed by atoms with Gasteiger partial charge in [0.1, 0.15) is 11.8 Å². The zero-order chi connectivity index (χ0) is 15.5. The van der Waals surface area contributed by atoms with Crippen molar-refractivity contribution in [3.8, 4) is 0 Å². The van der Waals surface area contributed by atoms with Crippen LogP contribution in [-0.2, 0) is 15.9 Å². The Labute approximate surface area is 130 Å². The molecule has 118 valence electrons. The number of para-hydroxylation sites is 1. The minimum atomic E-state index is -0.0906. The quantitative estimate of drug-likeness (QED) is 0.910.